The molecule has 35 heavy (non-hydrogen) atoms. The molecule has 0 amide bonds. The maximum atomic E-state index is 12.8. The Morgan fingerprint density at radius 1 is 1.03 bits per heavy atom. The number of alkyl halides is 3. The van der Waals surface area contributed by atoms with Gasteiger partial charge in [0, 0.05) is 18.8 Å². The SMILES string of the molecule is CCCCN(CC)c1ccc(NS(=O)(=O)c2cc(C)ccc2C)cc1C(=O)O.O=C(O)C(F)(F)F. The van der Waals surface area contributed by atoms with E-state index in [0.717, 1.165) is 24.9 Å². The fourth-order valence-electron chi connectivity index (χ4n) is 3.05. The monoisotopic (exact) mass is 518 g/mol. The van der Waals surface area contributed by atoms with E-state index in [9.17, 15) is 31.5 Å². The summed E-state index contributed by atoms with van der Waals surface area (Å²) in [6.45, 7) is 9.03. The van der Waals surface area contributed by atoms with E-state index in [2.05, 4.69) is 11.6 Å². The van der Waals surface area contributed by atoms with Crippen LogP contribution in [0.3, 0.4) is 0 Å². The summed E-state index contributed by atoms with van der Waals surface area (Å²) in [7, 11) is -3.82. The van der Waals surface area contributed by atoms with Crippen molar-refractivity contribution < 1.29 is 41.4 Å². The molecule has 3 N–H and O–H groups in total. The summed E-state index contributed by atoms with van der Waals surface area (Å²) in [5, 5.41) is 16.8. The predicted octanol–water partition coefficient (Wildman–Crippen LogP) is 5.06. The zero-order chi connectivity index (χ0) is 27.0. The van der Waals surface area contributed by atoms with E-state index in [1.54, 1.807) is 31.2 Å². The average Bonchev–Trinajstić information content (AvgIpc) is 2.76. The molecule has 0 saturated heterocycles. The van der Waals surface area contributed by atoms with Crippen LogP contribution in [0.1, 0.15) is 48.2 Å². The molecule has 194 valence electrons. The zero-order valence-corrected chi connectivity index (χ0v) is 20.6. The van der Waals surface area contributed by atoms with Gasteiger partial charge in [-0.1, -0.05) is 25.5 Å². The van der Waals surface area contributed by atoms with E-state index >= 15 is 0 Å². The molecule has 0 radical (unpaired) electrons. The lowest BCUT2D eigenvalue weighted by atomic mass is 10.1. The number of hydrogen-bond donors (Lipinski definition) is 3. The second-order valence-electron chi connectivity index (χ2n) is 7.65. The number of carbonyl (C=O) groups is 2. The van der Waals surface area contributed by atoms with Gasteiger partial charge in [0.15, 0.2) is 0 Å². The second-order valence-corrected chi connectivity index (χ2v) is 9.30. The molecule has 0 aliphatic rings. The molecule has 0 fully saturated rings. The molecule has 0 heterocycles. The lowest BCUT2D eigenvalue weighted by molar-refractivity contribution is -0.192. The number of carboxylic acids is 2. The predicted molar refractivity (Wildman–Crippen MR) is 127 cm³/mol. The van der Waals surface area contributed by atoms with Crippen LogP contribution in [-0.4, -0.2) is 49.8 Å². The molecule has 0 spiro atoms. The van der Waals surface area contributed by atoms with Gasteiger partial charge in [0.25, 0.3) is 10.0 Å². The zero-order valence-electron chi connectivity index (χ0n) is 19.8. The lowest BCUT2D eigenvalue weighted by Crippen LogP contribution is -2.26. The van der Waals surface area contributed by atoms with Gasteiger partial charge in [0.05, 0.1) is 16.1 Å². The van der Waals surface area contributed by atoms with Gasteiger partial charge in [-0.15, -0.1) is 0 Å². The van der Waals surface area contributed by atoms with Crippen molar-refractivity contribution in [2.45, 2.75) is 51.6 Å². The van der Waals surface area contributed by atoms with Gasteiger partial charge >= 0.3 is 18.1 Å². The third-order valence-electron chi connectivity index (χ3n) is 4.86. The minimum absolute atomic E-state index is 0.0825. The number of hydrogen-bond acceptors (Lipinski definition) is 5. The first-order valence-electron chi connectivity index (χ1n) is 10.7. The van der Waals surface area contributed by atoms with Gasteiger partial charge in [-0.3, -0.25) is 4.72 Å². The standard InChI is InChI=1S/C21H28N2O4S.C2HF3O2/c1-5-7-12-23(6-2)19-11-10-17(14-18(19)21(24)25)22-28(26,27)20-13-15(3)8-9-16(20)4;3-2(4,5)1(6)7/h8-11,13-14,22H,5-7,12H2,1-4H3,(H,24,25);(H,6,7). The highest BCUT2D eigenvalue weighted by Crippen LogP contribution is 2.27. The van der Waals surface area contributed by atoms with Crippen LogP contribution in [0, 0.1) is 13.8 Å². The Morgan fingerprint density at radius 2 is 1.63 bits per heavy atom. The van der Waals surface area contributed by atoms with Crippen LogP contribution in [0.4, 0.5) is 24.5 Å². The van der Waals surface area contributed by atoms with Gasteiger partial charge in [-0.05, 0) is 62.6 Å². The van der Waals surface area contributed by atoms with Crippen molar-refractivity contribution in [3.8, 4) is 0 Å². The van der Waals surface area contributed by atoms with Crippen molar-refractivity contribution in [1.82, 2.24) is 0 Å². The number of rotatable bonds is 9. The highest BCUT2D eigenvalue weighted by atomic mass is 32.2. The van der Waals surface area contributed by atoms with Crippen molar-refractivity contribution in [2.75, 3.05) is 22.7 Å². The van der Waals surface area contributed by atoms with Crippen LogP contribution in [0.5, 0.6) is 0 Å². The fourth-order valence-corrected chi connectivity index (χ4v) is 4.43. The first-order chi connectivity index (χ1) is 16.1. The van der Waals surface area contributed by atoms with E-state index in [-0.39, 0.29) is 16.1 Å². The quantitative estimate of drug-likeness (QED) is 0.424. The normalized spacial score (nSPS) is 11.3. The molecule has 2 aromatic carbocycles. The molecule has 0 aliphatic carbocycles. The lowest BCUT2D eigenvalue weighted by Gasteiger charge is -2.25. The molecule has 2 aromatic rings. The molecule has 0 bridgehead atoms. The largest absolute Gasteiger partial charge is 0.490 e. The number of aromatic carboxylic acids is 1. The minimum Gasteiger partial charge on any atom is -0.478 e. The second kappa shape index (κ2) is 12.4. The maximum Gasteiger partial charge on any atom is 0.490 e. The Hall–Kier alpha value is -3.28. The number of halogens is 3. The molecule has 8 nitrogen and oxygen atoms in total. The van der Waals surface area contributed by atoms with Crippen LogP contribution in [-0.2, 0) is 14.8 Å². The van der Waals surface area contributed by atoms with Gasteiger partial charge in [0.1, 0.15) is 0 Å². The molecular weight excluding hydrogens is 489 g/mol. The molecule has 0 saturated carbocycles. The first kappa shape index (κ1) is 29.8. The number of carboxylic acid groups (broad SMARTS) is 2. The summed E-state index contributed by atoms with van der Waals surface area (Å²) < 4.78 is 59.9. The number of anilines is 2. The molecule has 12 heteroatoms. The van der Waals surface area contributed by atoms with Gasteiger partial charge in [-0.2, -0.15) is 13.2 Å². The summed E-state index contributed by atoms with van der Waals surface area (Å²) in [6.07, 6.45) is -3.12. The third-order valence-corrected chi connectivity index (χ3v) is 6.38. The van der Waals surface area contributed by atoms with Crippen molar-refractivity contribution >= 4 is 33.3 Å². The Morgan fingerprint density at radius 3 is 2.11 bits per heavy atom. The molecular formula is C23H29F3N2O6S. The third kappa shape index (κ3) is 8.78. The highest BCUT2D eigenvalue weighted by molar-refractivity contribution is 7.92. The topological polar surface area (TPSA) is 124 Å². The van der Waals surface area contributed by atoms with Crippen LogP contribution in [0.2, 0.25) is 0 Å². The summed E-state index contributed by atoms with van der Waals surface area (Å²) >= 11 is 0. The molecule has 0 atom stereocenters. The number of unbranched alkanes of at least 4 members (excludes halogenated alkanes) is 1. The minimum atomic E-state index is -5.08. The average molecular weight is 519 g/mol. The first-order valence-corrected chi connectivity index (χ1v) is 12.1. The summed E-state index contributed by atoms with van der Waals surface area (Å²) in [6, 6.07) is 9.87. The number of nitrogens with zero attached hydrogens (tertiary/aromatic N) is 1. The van der Waals surface area contributed by atoms with E-state index < -0.39 is 28.1 Å². The Balaban J connectivity index is 0.000000762. The van der Waals surface area contributed by atoms with E-state index in [1.807, 2.05) is 24.8 Å². The summed E-state index contributed by atoms with van der Waals surface area (Å²) in [4.78, 5) is 22.9. The van der Waals surface area contributed by atoms with Crippen LogP contribution >= 0.6 is 0 Å². The van der Waals surface area contributed by atoms with Gasteiger partial charge in [-0.25, -0.2) is 18.0 Å². The van der Waals surface area contributed by atoms with E-state index in [0.29, 0.717) is 17.8 Å². The van der Waals surface area contributed by atoms with Crippen LogP contribution in [0.25, 0.3) is 0 Å². The summed E-state index contributed by atoms with van der Waals surface area (Å²) in [5.41, 5.74) is 2.37. The van der Waals surface area contributed by atoms with Crippen LogP contribution < -0.4 is 9.62 Å². The fraction of sp³-hybridized carbons (Fsp3) is 0.391. The molecule has 0 unspecified atom stereocenters. The number of aliphatic carboxylic acids is 1. The maximum absolute atomic E-state index is 12.8. The Bertz CT molecular complexity index is 1150. The number of nitrogens with one attached hydrogen (secondary N) is 1. The highest BCUT2D eigenvalue weighted by Gasteiger charge is 2.38. The van der Waals surface area contributed by atoms with Crippen molar-refractivity contribution in [2.24, 2.45) is 0 Å². The molecule has 0 aromatic heterocycles. The van der Waals surface area contributed by atoms with Gasteiger partial charge < -0.3 is 15.1 Å². The summed E-state index contributed by atoms with van der Waals surface area (Å²) in [5.74, 6) is -3.84. The van der Waals surface area contributed by atoms with E-state index in [4.69, 9.17) is 9.90 Å². The number of benzene rings is 2. The van der Waals surface area contributed by atoms with E-state index in [1.165, 1.54) is 6.07 Å². The smallest absolute Gasteiger partial charge is 0.478 e. The number of aryl methyl sites for hydroxylation is 2. The Kier molecular flexibility index (Phi) is 10.6. The number of sulfonamides is 1. The molecule has 2 rings (SSSR count). The van der Waals surface area contributed by atoms with Crippen molar-refractivity contribution in [3.63, 3.8) is 0 Å². The molecule has 0 aliphatic heterocycles. The van der Waals surface area contributed by atoms with Crippen molar-refractivity contribution in [1.29, 1.82) is 0 Å². The van der Waals surface area contributed by atoms with Crippen molar-refractivity contribution in [3.05, 3.63) is 53.1 Å². The van der Waals surface area contributed by atoms with Crippen LogP contribution in [0.15, 0.2) is 41.3 Å². The van der Waals surface area contributed by atoms with Gasteiger partial charge in [0.2, 0.25) is 0 Å². The Labute approximate surface area is 202 Å².